The monoisotopic (exact) mass is 361 g/mol. The van der Waals surface area contributed by atoms with Crippen LogP contribution in [0.4, 0.5) is 17.2 Å². The minimum absolute atomic E-state index is 0.159. The Kier molecular flexibility index (Phi) is 5.66. The van der Waals surface area contributed by atoms with Crippen molar-refractivity contribution in [3.8, 4) is 0 Å². The van der Waals surface area contributed by atoms with E-state index in [1.807, 2.05) is 73.6 Å². The fraction of sp³-hybridized carbons (Fsp3) is 0.190. The van der Waals surface area contributed by atoms with Crippen LogP contribution in [-0.4, -0.2) is 41.9 Å². The van der Waals surface area contributed by atoms with Crippen molar-refractivity contribution in [2.45, 2.75) is 6.54 Å². The lowest BCUT2D eigenvalue weighted by atomic mass is 10.2. The molecule has 0 saturated heterocycles. The summed E-state index contributed by atoms with van der Waals surface area (Å²) in [6.07, 6.45) is 3.07. The largest absolute Gasteiger partial charge is 0.378 e. The molecule has 0 bridgehead atoms. The Balaban J connectivity index is 1.63. The predicted octanol–water partition coefficient (Wildman–Crippen LogP) is 3.56. The van der Waals surface area contributed by atoms with Gasteiger partial charge in [0.25, 0.3) is 5.91 Å². The Morgan fingerprint density at radius 2 is 1.63 bits per heavy atom. The van der Waals surface area contributed by atoms with E-state index in [-0.39, 0.29) is 5.91 Å². The first-order chi connectivity index (χ1) is 13.0. The van der Waals surface area contributed by atoms with Crippen LogP contribution >= 0.6 is 0 Å². The number of carbonyl (C=O) groups is 1. The van der Waals surface area contributed by atoms with Crippen LogP contribution in [0, 0.1) is 0 Å². The van der Waals surface area contributed by atoms with Gasteiger partial charge in [-0.25, -0.2) is 9.97 Å². The first-order valence-electron chi connectivity index (χ1n) is 8.69. The smallest absolute Gasteiger partial charge is 0.274 e. The SMILES string of the molecule is CN(Cc1ccccc1)C(=O)c1cnc(Nc2ccc(N(C)C)cc2)cn1. The molecule has 2 aromatic carbocycles. The van der Waals surface area contributed by atoms with E-state index in [0.29, 0.717) is 18.1 Å². The molecular weight excluding hydrogens is 338 g/mol. The van der Waals surface area contributed by atoms with Gasteiger partial charge in [-0.3, -0.25) is 4.79 Å². The lowest BCUT2D eigenvalue weighted by molar-refractivity contribution is 0.0779. The summed E-state index contributed by atoms with van der Waals surface area (Å²) < 4.78 is 0. The third-order valence-corrected chi connectivity index (χ3v) is 4.14. The lowest BCUT2D eigenvalue weighted by Gasteiger charge is -2.17. The zero-order chi connectivity index (χ0) is 19.2. The van der Waals surface area contributed by atoms with Crippen LogP contribution < -0.4 is 10.2 Å². The Labute approximate surface area is 159 Å². The Morgan fingerprint density at radius 3 is 2.22 bits per heavy atom. The summed E-state index contributed by atoms with van der Waals surface area (Å²) in [6, 6.07) is 17.8. The van der Waals surface area contributed by atoms with Gasteiger partial charge in [-0.1, -0.05) is 30.3 Å². The van der Waals surface area contributed by atoms with Crippen molar-refractivity contribution in [3.05, 3.63) is 78.2 Å². The van der Waals surface area contributed by atoms with E-state index < -0.39 is 0 Å². The van der Waals surface area contributed by atoms with Gasteiger partial charge in [0.2, 0.25) is 0 Å². The third kappa shape index (κ3) is 4.82. The van der Waals surface area contributed by atoms with Crippen LogP contribution in [-0.2, 0) is 6.54 Å². The van der Waals surface area contributed by atoms with Gasteiger partial charge < -0.3 is 15.1 Å². The van der Waals surface area contributed by atoms with Crippen molar-refractivity contribution in [2.75, 3.05) is 31.4 Å². The molecule has 0 atom stereocenters. The molecule has 6 nitrogen and oxygen atoms in total. The Morgan fingerprint density at radius 1 is 0.926 bits per heavy atom. The minimum atomic E-state index is -0.159. The van der Waals surface area contributed by atoms with Crippen LogP contribution in [0.1, 0.15) is 16.1 Å². The summed E-state index contributed by atoms with van der Waals surface area (Å²) in [5.41, 5.74) is 3.42. The van der Waals surface area contributed by atoms with E-state index in [9.17, 15) is 4.79 Å². The molecule has 27 heavy (non-hydrogen) atoms. The number of anilines is 3. The molecule has 0 aliphatic heterocycles. The molecule has 138 valence electrons. The highest BCUT2D eigenvalue weighted by atomic mass is 16.2. The van der Waals surface area contributed by atoms with Gasteiger partial charge in [-0.2, -0.15) is 0 Å². The first kappa shape index (κ1) is 18.4. The second kappa shape index (κ2) is 8.31. The number of amides is 1. The average Bonchev–Trinajstić information content (AvgIpc) is 2.69. The molecule has 0 unspecified atom stereocenters. The Hall–Kier alpha value is -3.41. The van der Waals surface area contributed by atoms with Gasteiger partial charge in [-0.15, -0.1) is 0 Å². The number of carbonyl (C=O) groups excluding carboxylic acids is 1. The number of nitrogens with one attached hydrogen (secondary N) is 1. The van der Waals surface area contributed by atoms with Gasteiger partial charge in [0.05, 0.1) is 12.4 Å². The number of aromatic nitrogens is 2. The number of hydrogen-bond donors (Lipinski definition) is 1. The van der Waals surface area contributed by atoms with Crippen molar-refractivity contribution < 1.29 is 4.79 Å². The number of benzene rings is 2. The summed E-state index contributed by atoms with van der Waals surface area (Å²) in [6.45, 7) is 0.527. The second-order valence-corrected chi connectivity index (χ2v) is 6.50. The number of rotatable bonds is 6. The summed E-state index contributed by atoms with van der Waals surface area (Å²) >= 11 is 0. The molecule has 0 aliphatic carbocycles. The molecule has 1 heterocycles. The molecule has 3 aromatic rings. The molecule has 1 amide bonds. The highest BCUT2D eigenvalue weighted by Crippen LogP contribution is 2.18. The van der Waals surface area contributed by atoms with E-state index in [2.05, 4.69) is 15.3 Å². The zero-order valence-corrected chi connectivity index (χ0v) is 15.8. The topological polar surface area (TPSA) is 61.4 Å². The van der Waals surface area contributed by atoms with Gasteiger partial charge >= 0.3 is 0 Å². The second-order valence-electron chi connectivity index (χ2n) is 6.50. The predicted molar refractivity (Wildman–Crippen MR) is 108 cm³/mol. The van der Waals surface area contributed by atoms with Crippen molar-refractivity contribution in [2.24, 2.45) is 0 Å². The van der Waals surface area contributed by atoms with Crippen molar-refractivity contribution in [1.82, 2.24) is 14.9 Å². The average molecular weight is 361 g/mol. The van der Waals surface area contributed by atoms with E-state index in [4.69, 9.17) is 0 Å². The fourth-order valence-corrected chi connectivity index (χ4v) is 2.62. The van der Waals surface area contributed by atoms with E-state index in [1.165, 1.54) is 6.20 Å². The minimum Gasteiger partial charge on any atom is -0.378 e. The van der Waals surface area contributed by atoms with Crippen molar-refractivity contribution in [3.63, 3.8) is 0 Å². The van der Waals surface area contributed by atoms with Crippen LogP contribution in [0.3, 0.4) is 0 Å². The third-order valence-electron chi connectivity index (χ3n) is 4.14. The van der Waals surface area contributed by atoms with E-state index >= 15 is 0 Å². The molecule has 0 saturated carbocycles. The normalized spacial score (nSPS) is 10.3. The van der Waals surface area contributed by atoms with Crippen LogP contribution in [0.15, 0.2) is 67.0 Å². The highest BCUT2D eigenvalue weighted by molar-refractivity contribution is 5.91. The maximum atomic E-state index is 12.5. The molecule has 1 N–H and O–H groups in total. The maximum Gasteiger partial charge on any atom is 0.274 e. The van der Waals surface area contributed by atoms with Crippen LogP contribution in [0.25, 0.3) is 0 Å². The van der Waals surface area contributed by atoms with Crippen molar-refractivity contribution in [1.29, 1.82) is 0 Å². The van der Waals surface area contributed by atoms with Gasteiger partial charge in [0, 0.05) is 39.1 Å². The standard InChI is InChI=1S/C21H23N5O/c1-25(2)18-11-9-17(10-12-18)24-20-14-22-19(13-23-20)21(27)26(3)15-16-7-5-4-6-8-16/h4-14H,15H2,1-3H3,(H,23,24). The molecule has 3 rings (SSSR count). The quantitative estimate of drug-likeness (QED) is 0.727. The van der Waals surface area contributed by atoms with Crippen LogP contribution in [0.5, 0.6) is 0 Å². The summed E-state index contributed by atoms with van der Waals surface area (Å²) in [4.78, 5) is 24.8. The van der Waals surface area contributed by atoms with Gasteiger partial charge in [-0.05, 0) is 29.8 Å². The molecular formula is C21H23N5O. The summed E-state index contributed by atoms with van der Waals surface area (Å²) in [7, 11) is 5.76. The fourth-order valence-electron chi connectivity index (χ4n) is 2.62. The van der Waals surface area contributed by atoms with E-state index in [1.54, 1.807) is 18.1 Å². The first-order valence-corrected chi connectivity index (χ1v) is 8.69. The lowest BCUT2D eigenvalue weighted by Crippen LogP contribution is -2.27. The molecule has 1 aromatic heterocycles. The van der Waals surface area contributed by atoms with Crippen LogP contribution in [0.2, 0.25) is 0 Å². The van der Waals surface area contributed by atoms with Gasteiger partial charge in [0.15, 0.2) is 0 Å². The summed E-state index contributed by atoms with van der Waals surface area (Å²) in [5.74, 6) is 0.433. The van der Waals surface area contributed by atoms with E-state index in [0.717, 1.165) is 16.9 Å². The molecule has 0 aliphatic rings. The Bertz CT molecular complexity index is 877. The molecule has 0 fully saturated rings. The highest BCUT2D eigenvalue weighted by Gasteiger charge is 2.14. The summed E-state index contributed by atoms with van der Waals surface area (Å²) in [5, 5.41) is 3.19. The zero-order valence-electron chi connectivity index (χ0n) is 15.8. The van der Waals surface area contributed by atoms with Gasteiger partial charge in [0.1, 0.15) is 11.5 Å². The molecule has 6 heteroatoms. The van der Waals surface area contributed by atoms with Crippen molar-refractivity contribution >= 4 is 23.1 Å². The number of hydrogen-bond acceptors (Lipinski definition) is 5. The maximum absolute atomic E-state index is 12.5. The number of nitrogens with zero attached hydrogens (tertiary/aromatic N) is 4. The molecule has 0 radical (unpaired) electrons. The molecule has 0 spiro atoms.